The summed E-state index contributed by atoms with van der Waals surface area (Å²) in [6.45, 7) is 3.33. The lowest BCUT2D eigenvalue weighted by molar-refractivity contribution is -0.257. The van der Waals surface area contributed by atoms with Gasteiger partial charge in [0.25, 0.3) is 0 Å². The third-order valence-electron chi connectivity index (χ3n) is 7.08. The van der Waals surface area contributed by atoms with E-state index in [4.69, 9.17) is 23.7 Å². The van der Waals surface area contributed by atoms with Gasteiger partial charge in [0, 0.05) is 0 Å². The fourth-order valence-electron chi connectivity index (χ4n) is 4.95. The van der Waals surface area contributed by atoms with Crippen LogP contribution in [-0.2, 0) is 43.5 Å². The smallest absolute Gasteiger partial charge is 0.338 e. The van der Waals surface area contributed by atoms with Gasteiger partial charge in [-0.25, -0.2) is 4.79 Å². The molecule has 1 fully saturated rings. The zero-order chi connectivity index (χ0) is 28.3. The number of benzene rings is 4. The van der Waals surface area contributed by atoms with Gasteiger partial charge in [-0.3, -0.25) is 0 Å². The summed E-state index contributed by atoms with van der Waals surface area (Å²) in [4.78, 5) is 13.2. The molecule has 0 saturated carbocycles. The Balaban J connectivity index is 1.39. The van der Waals surface area contributed by atoms with Crippen LogP contribution in [0.25, 0.3) is 0 Å². The van der Waals surface area contributed by atoms with Crippen LogP contribution in [0.5, 0.6) is 0 Å². The molecule has 0 aromatic heterocycles. The van der Waals surface area contributed by atoms with Gasteiger partial charge in [0.1, 0.15) is 18.3 Å². The second-order valence-corrected chi connectivity index (χ2v) is 10.1. The number of carbonyl (C=O) groups excluding carboxylic acids is 1. The molecule has 1 aliphatic heterocycles. The molecule has 6 nitrogen and oxygen atoms in total. The molecule has 5 atom stereocenters. The van der Waals surface area contributed by atoms with Crippen LogP contribution in [0.15, 0.2) is 121 Å². The first-order valence-electron chi connectivity index (χ1n) is 14.0. The molecule has 1 heterocycles. The van der Waals surface area contributed by atoms with Crippen molar-refractivity contribution in [2.75, 3.05) is 6.61 Å². The second kappa shape index (κ2) is 14.7. The van der Waals surface area contributed by atoms with Crippen molar-refractivity contribution in [3.8, 4) is 0 Å². The first-order chi connectivity index (χ1) is 20.2. The highest BCUT2D eigenvalue weighted by Crippen LogP contribution is 2.31. The average Bonchev–Trinajstić information content (AvgIpc) is 3.02. The van der Waals surface area contributed by atoms with Crippen LogP contribution in [0.1, 0.15) is 34.0 Å². The molecule has 6 heteroatoms. The minimum Gasteiger partial charge on any atom is -0.453 e. The Morgan fingerprint density at radius 3 is 1.61 bits per heavy atom. The molecule has 4 aromatic carbocycles. The SMILES string of the molecule is CC1O[C@H](COCc2ccccc2)[C@@H](OCc2ccccc2)[C@H](OCc2ccccc2)[C@H]1OC(=O)c1ccccc1. The first kappa shape index (κ1) is 28.7. The number of rotatable bonds is 12. The van der Waals surface area contributed by atoms with E-state index in [2.05, 4.69) is 0 Å². The molecule has 1 saturated heterocycles. The van der Waals surface area contributed by atoms with E-state index in [1.165, 1.54) is 0 Å². The molecule has 41 heavy (non-hydrogen) atoms. The zero-order valence-electron chi connectivity index (χ0n) is 23.2. The predicted octanol–water partition coefficient (Wildman–Crippen LogP) is 6.39. The summed E-state index contributed by atoms with van der Waals surface area (Å²) in [6, 6.07) is 38.9. The molecule has 1 aliphatic rings. The van der Waals surface area contributed by atoms with Crippen LogP contribution in [0, 0.1) is 0 Å². The molecule has 5 rings (SSSR count). The Bertz CT molecular complexity index is 1320. The van der Waals surface area contributed by atoms with E-state index in [1.54, 1.807) is 12.1 Å². The van der Waals surface area contributed by atoms with Crippen molar-refractivity contribution in [3.63, 3.8) is 0 Å². The topological polar surface area (TPSA) is 63.2 Å². The van der Waals surface area contributed by atoms with Crippen LogP contribution in [0.2, 0.25) is 0 Å². The molecule has 0 N–H and O–H groups in total. The Kier molecular flexibility index (Phi) is 10.3. The highest BCUT2D eigenvalue weighted by molar-refractivity contribution is 5.89. The standard InChI is InChI=1S/C35H36O6/c1-26-32(41-35(36)30-20-12-5-13-21-30)34(39-24-29-18-10-4-11-19-29)33(38-23-28-16-8-3-9-17-28)31(40-26)25-37-22-27-14-6-2-7-15-27/h2-21,26,31-34H,22-25H2,1H3/t26?,31-,32+,33-,34-/m1/s1. The number of hydrogen-bond donors (Lipinski definition) is 0. The molecule has 4 aromatic rings. The predicted molar refractivity (Wildman–Crippen MR) is 156 cm³/mol. The van der Waals surface area contributed by atoms with Crippen molar-refractivity contribution < 1.29 is 28.5 Å². The third kappa shape index (κ3) is 8.12. The minimum atomic E-state index is -0.697. The Labute approximate surface area is 241 Å². The maximum atomic E-state index is 13.2. The van der Waals surface area contributed by atoms with Gasteiger partial charge < -0.3 is 23.7 Å². The van der Waals surface area contributed by atoms with Gasteiger partial charge in [-0.2, -0.15) is 0 Å². The van der Waals surface area contributed by atoms with Crippen molar-refractivity contribution >= 4 is 5.97 Å². The number of carbonyl (C=O) groups is 1. The normalized spacial score (nSPS) is 22.2. The molecule has 0 amide bonds. The lowest BCUT2D eigenvalue weighted by Crippen LogP contribution is -2.60. The molecule has 0 radical (unpaired) electrons. The van der Waals surface area contributed by atoms with E-state index < -0.39 is 36.5 Å². The van der Waals surface area contributed by atoms with Gasteiger partial charge in [-0.15, -0.1) is 0 Å². The van der Waals surface area contributed by atoms with Crippen LogP contribution in [0.4, 0.5) is 0 Å². The zero-order valence-corrected chi connectivity index (χ0v) is 23.2. The molecule has 0 bridgehead atoms. The van der Waals surface area contributed by atoms with E-state index in [-0.39, 0.29) is 0 Å². The molecular formula is C35H36O6. The van der Waals surface area contributed by atoms with E-state index in [1.807, 2.05) is 116 Å². The van der Waals surface area contributed by atoms with Crippen molar-refractivity contribution in [2.45, 2.75) is 57.3 Å². The van der Waals surface area contributed by atoms with E-state index in [9.17, 15) is 4.79 Å². The molecule has 1 unspecified atom stereocenters. The Morgan fingerprint density at radius 1 is 0.610 bits per heavy atom. The van der Waals surface area contributed by atoms with Gasteiger partial charge in [0.05, 0.1) is 38.1 Å². The highest BCUT2D eigenvalue weighted by Gasteiger charge is 2.48. The van der Waals surface area contributed by atoms with Crippen LogP contribution in [-0.4, -0.2) is 43.1 Å². The molecule has 0 aliphatic carbocycles. The van der Waals surface area contributed by atoms with E-state index >= 15 is 0 Å². The maximum absolute atomic E-state index is 13.2. The molecular weight excluding hydrogens is 516 g/mol. The van der Waals surface area contributed by atoms with Gasteiger partial charge in [-0.1, -0.05) is 109 Å². The van der Waals surface area contributed by atoms with E-state index in [0.717, 1.165) is 16.7 Å². The van der Waals surface area contributed by atoms with Crippen molar-refractivity contribution in [1.29, 1.82) is 0 Å². The highest BCUT2D eigenvalue weighted by atomic mass is 16.6. The summed E-state index contributed by atoms with van der Waals surface area (Å²) in [7, 11) is 0. The second-order valence-electron chi connectivity index (χ2n) is 10.1. The first-order valence-corrected chi connectivity index (χ1v) is 14.0. The summed E-state index contributed by atoms with van der Waals surface area (Å²) in [5.41, 5.74) is 3.58. The number of ether oxygens (including phenoxy) is 5. The summed E-state index contributed by atoms with van der Waals surface area (Å²) in [6.07, 6.45) is -2.74. The number of hydrogen-bond acceptors (Lipinski definition) is 6. The maximum Gasteiger partial charge on any atom is 0.338 e. The van der Waals surface area contributed by atoms with Gasteiger partial charge in [0.2, 0.25) is 0 Å². The van der Waals surface area contributed by atoms with Crippen LogP contribution < -0.4 is 0 Å². The van der Waals surface area contributed by atoms with Crippen LogP contribution >= 0.6 is 0 Å². The molecule has 0 spiro atoms. The van der Waals surface area contributed by atoms with Crippen molar-refractivity contribution in [3.05, 3.63) is 144 Å². The lowest BCUT2D eigenvalue weighted by Gasteiger charge is -2.45. The Morgan fingerprint density at radius 2 is 1.07 bits per heavy atom. The van der Waals surface area contributed by atoms with Crippen molar-refractivity contribution in [2.24, 2.45) is 0 Å². The largest absolute Gasteiger partial charge is 0.453 e. The molecule has 212 valence electrons. The Hall–Kier alpha value is -3.81. The third-order valence-corrected chi connectivity index (χ3v) is 7.08. The lowest BCUT2D eigenvalue weighted by atomic mass is 9.94. The van der Waals surface area contributed by atoms with Gasteiger partial charge in [0.15, 0.2) is 6.10 Å². The van der Waals surface area contributed by atoms with Crippen molar-refractivity contribution in [1.82, 2.24) is 0 Å². The summed E-state index contributed by atoms with van der Waals surface area (Å²) in [5, 5.41) is 0. The summed E-state index contributed by atoms with van der Waals surface area (Å²) in [5.74, 6) is -0.431. The fraction of sp³-hybridized carbons (Fsp3) is 0.286. The fourth-order valence-corrected chi connectivity index (χ4v) is 4.95. The minimum absolute atomic E-state index is 0.295. The van der Waals surface area contributed by atoms with Gasteiger partial charge in [-0.05, 0) is 35.7 Å². The summed E-state index contributed by atoms with van der Waals surface area (Å²) >= 11 is 0. The van der Waals surface area contributed by atoms with Gasteiger partial charge >= 0.3 is 5.97 Å². The monoisotopic (exact) mass is 552 g/mol. The quantitative estimate of drug-likeness (QED) is 0.190. The number of esters is 1. The van der Waals surface area contributed by atoms with E-state index in [0.29, 0.717) is 32.0 Å². The van der Waals surface area contributed by atoms with Crippen LogP contribution in [0.3, 0.4) is 0 Å². The average molecular weight is 553 g/mol. The summed E-state index contributed by atoms with van der Waals surface area (Å²) < 4.78 is 31.7.